The monoisotopic (exact) mass is 377 g/mol. The largest absolute Gasteiger partial charge is 0.472 e. The molecule has 0 aliphatic carbocycles. The SMILES string of the molecule is FC(F)(F)c1ccc(OC2CCN(c3ccnc(C(F)(F)F)c3)C2)nc1. The molecule has 1 aliphatic rings. The van der Waals surface area contributed by atoms with Crippen molar-refractivity contribution in [1.29, 1.82) is 0 Å². The number of hydrogen-bond donors (Lipinski definition) is 0. The zero-order valence-corrected chi connectivity index (χ0v) is 13.2. The molecule has 26 heavy (non-hydrogen) atoms. The topological polar surface area (TPSA) is 38.2 Å². The summed E-state index contributed by atoms with van der Waals surface area (Å²) >= 11 is 0. The Morgan fingerprint density at radius 1 is 1.00 bits per heavy atom. The second-order valence-electron chi connectivity index (χ2n) is 5.75. The van der Waals surface area contributed by atoms with Gasteiger partial charge in [0, 0.05) is 37.1 Å². The summed E-state index contributed by atoms with van der Waals surface area (Å²) < 4.78 is 81.3. The summed E-state index contributed by atoms with van der Waals surface area (Å²) in [5.74, 6) is 0.0376. The van der Waals surface area contributed by atoms with E-state index in [1.54, 1.807) is 4.90 Å². The highest BCUT2D eigenvalue weighted by Gasteiger charge is 2.34. The molecule has 4 nitrogen and oxygen atoms in total. The molecule has 2 aromatic heterocycles. The van der Waals surface area contributed by atoms with Crippen LogP contribution in [-0.4, -0.2) is 29.2 Å². The molecule has 3 heterocycles. The molecule has 1 unspecified atom stereocenters. The first-order valence-corrected chi connectivity index (χ1v) is 7.61. The molecule has 1 saturated heterocycles. The highest BCUT2D eigenvalue weighted by molar-refractivity contribution is 5.48. The summed E-state index contributed by atoms with van der Waals surface area (Å²) in [6, 6.07) is 4.42. The molecule has 1 aliphatic heterocycles. The first-order valence-electron chi connectivity index (χ1n) is 7.61. The van der Waals surface area contributed by atoms with E-state index in [2.05, 4.69) is 9.97 Å². The van der Waals surface area contributed by atoms with Crippen LogP contribution in [0.3, 0.4) is 0 Å². The minimum absolute atomic E-state index is 0.0376. The van der Waals surface area contributed by atoms with Gasteiger partial charge in [-0.05, 0) is 18.2 Å². The first-order chi connectivity index (χ1) is 12.1. The van der Waals surface area contributed by atoms with Crippen molar-refractivity contribution in [2.75, 3.05) is 18.0 Å². The quantitative estimate of drug-likeness (QED) is 0.753. The van der Waals surface area contributed by atoms with Gasteiger partial charge in [-0.15, -0.1) is 0 Å². The van der Waals surface area contributed by atoms with Gasteiger partial charge in [0.2, 0.25) is 5.88 Å². The van der Waals surface area contributed by atoms with Gasteiger partial charge in [-0.25, -0.2) is 4.98 Å². The number of alkyl halides is 6. The molecule has 140 valence electrons. The predicted molar refractivity (Wildman–Crippen MR) is 79.7 cm³/mol. The average Bonchev–Trinajstić information content (AvgIpc) is 3.02. The summed E-state index contributed by atoms with van der Waals surface area (Å²) in [6.07, 6.45) is -7.12. The third-order valence-electron chi connectivity index (χ3n) is 3.90. The maximum Gasteiger partial charge on any atom is 0.433 e. The van der Waals surface area contributed by atoms with Crippen LogP contribution in [0.15, 0.2) is 36.7 Å². The van der Waals surface area contributed by atoms with Crippen molar-refractivity contribution in [3.05, 3.63) is 47.9 Å². The number of halogens is 6. The molecule has 0 saturated carbocycles. The van der Waals surface area contributed by atoms with E-state index >= 15 is 0 Å². The molecule has 0 spiro atoms. The van der Waals surface area contributed by atoms with Crippen LogP contribution in [0.5, 0.6) is 5.88 Å². The summed E-state index contributed by atoms with van der Waals surface area (Å²) in [5.41, 5.74) is -1.50. The van der Waals surface area contributed by atoms with Gasteiger partial charge in [0.1, 0.15) is 11.8 Å². The number of pyridine rings is 2. The van der Waals surface area contributed by atoms with E-state index in [1.807, 2.05) is 0 Å². The fourth-order valence-corrected chi connectivity index (χ4v) is 2.62. The number of aromatic nitrogens is 2. The standard InChI is InChI=1S/C16H13F6N3O/c17-15(18,19)10-1-2-14(24-8-10)26-12-4-6-25(9-12)11-3-5-23-13(7-11)16(20,21)22/h1-3,5,7-8,12H,4,6,9H2. The average molecular weight is 377 g/mol. The molecule has 10 heteroatoms. The predicted octanol–water partition coefficient (Wildman–Crippen LogP) is 4.17. The van der Waals surface area contributed by atoms with Crippen LogP contribution in [0.4, 0.5) is 32.0 Å². The molecule has 1 atom stereocenters. The van der Waals surface area contributed by atoms with Gasteiger partial charge in [-0.2, -0.15) is 26.3 Å². The Kier molecular flexibility index (Phi) is 4.68. The molecule has 0 amide bonds. The van der Waals surface area contributed by atoms with Crippen molar-refractivity contribution in [3.8, 4) is 5.88 Å². The van der Waals surface area contributed by atoms with E-state index < -0.39 is 23.6 Å². The highest BCUT2D eigenvalue weighted by atomic mass is 19.4. The van der Waals surface area contributed by atoms with Gasteiger partial charge >= 0.3 is 12.4 Å². The van der Waals surface area contributed by atoms with E-state index in [0.29, 0.717) is 31.4 Å². The van der Waals surface area contributed by atoms with Crippen molar-refractivity contribution < 1.29 is 31.1 Å². The minimum atomic E-state index is -4.53. The highest BCUT2D eigenvalue weighted by Crippen LogP contribution is 2.32. The molecule has 0 aromatic carbocycles. The van der Waals surface area contributed by atoms with Gasteiger partial charge < -0.3 is 9.64 Å². The molecule has 1 fully saturated rings. The lowest BCUT2D eigenvalue weighted by Crippen LogP contribution is -2.25. The summed E-state index contributed by atoms with van der Waals surface area (Å²) in [7, 11) is 0. The third kappa shape index (κ3) is 4.17. The Balaban J connectivity index is 1.64. The zero-order valence-electron chi connectivity index (χ0n) is 13.2. The van der Waals surface area contributed by atoms with E-state index in [1.165, 1.54) is 6.07 Å². The Labute approximate surface area is 144 Å². The van der Waals surface area contributed by atoms with Crippen LogP contribution in [0.25, 0.3) is 0 Å². The maximum absolute atomic E-state index is 12.7. The van der Waals surface area contributed by atoms with Crippen LogP contribution in [-0.2, 0) is 12.4 Å². The summed E-state index contributed by atoms with van der Waals surface area (Å²) in [6.45, 7) is 0.747. The number of rotatable bonds is 3. The number of ether oxygens (including phenoxy) is 1. The van der Waals surface area contributed by atoms with Crippen molar-refractivity contribution in [2.45, 2.75) is 24.9 Å². The lowest BCUT2D eigenvalue weighted by molar-refractivity contribution is -0.141. The Hall–Kier alpha value is -2.52. The van der Waals surface area contributed by atoms with Crippen LogP contribution >= 0.6 is 0 Å². The van der Waals surface area contributed by atoms with Gasteiger partial charge in [0.15, 0.2) is 0 Å². The molecular formula is C16H13F6N3O. The van der Waals surface area contributed by atoms with Crippen LogP contribution < -0.4 is 9.64 Å². The van der Waals surface area contributed by atoms with E-state index in [-0.39, 0.29) is 12.0 Å². The number of anilines is 1. The third-order valence-corrected chi connectivity index (χ3v) is 3.90. The lowest BCUT2D eigenvalue weighted by Gasteiger charge is -2.19. The molecule has 3 rings (SSSR count). The second kappa shape index (κ2) is 6.65. The molecular weight excluding hydrogens is 364 g/mol. The first kappa shape index (κ1) is 18.3. The Morgan fingerprint density at radius 3 is 2.38 bits per heavy atom. The minimum Gasteiger partial charge on any atom is -0.472 e. The van der Waals surface area contributed by atoms with Crippen molar-refractivity contribution in [2.24, 2.45) is 0 Å². The summed E-state index contributed by atoms with van der Waals surface area (Å²) in [4.78, 5) is 8.65. The van der Waals surface area contributed by atoms with Gasteiger partial charge in [0.05, 0.1) is 12.1 Å². The summed E-state index contributed by atoms with van der Waals surface area (Å²) in [5, 5.41) is 0. The molecule has 0 N–H and O–H groups in total. The maximum atomic E-state index is 12.7. The number of hydrogen-bond acceptors (Lipinski definition) is 4. The van der Waals surface area contributed by atoms with E-state index in [9.17, 15) is 26.3 Å². The number of nitrogens with zero attached hydrogens (tertiary/aromatic N) is 3. The molecule has 0 bridgehead atoms. The molecule has 2 aromatic rings. The molecule has 0 radical (unpaired) electrons. The van der Waals surface area contributed by atoms with Crippen LogP contribution in [0.2, 0.25) is 0 Å². The fraction of sp³-hybridized carbons (Fsp3) is 0.375. The van der Waals surface area contributed by atoms with Crippen LogP contribution in [0.1, 0.15) is 17.7 Å². The lowest BCUT2D eigenvalue weighted by atomic mass is 10.3. The van der Waals surface area contributed by atoms with Crippen molar-refractivity contribution >= 4 is 5.69 Å². The fourth-order valence-electron chi connectivity index (χ4n) is 2.62. The Morgan fingerprint density at radius 2 is 1.77 bits per heavy atom. The smallest absolute Gasteiger partial charge is 0.433 e. The normalized spacial score (nSPS) is 18.2. The Bertz CT molecular complexity index is 760. The van der Waals surface area contributed by atoms with E-state index in [4.69, 9.17) is 4.74 Å². The van der Waals surface area contributed by atoms with Crippen molar-refractivity contribution in [3.63, 3.8) is 0 Å². The van der Waals surface area contributed by atoms with Crippen molar-refractivity contribution in [1.82, 2.24) is 9.97 Å². The second-order valence-corrected chi connectivity index (χ2v) is 5.75. The van der Waals surface area contributed by atoms with Gasteiger partial charge in [-0.1, -0.05) is 0 Å². The van der Waals surface area contributed by atoms with Crippen LogP contribution in [0, 0.1) is 0 Å². The zero-order chi connectivity index (χ0) is 18.9. The van der Waals surface area contributed by atoms with Gasteiger partial charge in [-0.3, -0.25) is 4.98 Å². The van der Waals surface area contributed by atoms with Gasteiger partial charge in [0.25, 0.3) is 0 Å². The van der Waals surface area contributed by atoms with E-state index in [0.717, 1.165) is 24.4 Å².